The third kappa shape index (κ3) is 6.67. The number of ether oxygens (including phenoxy) is 2. The van der Waals surface area contributed by atoms with E-state index in [1.165, 1.54) is 0 Å². The first-order valence-corrected chi connectivity index (χ1v) is 8.41. The first kappa shape index (κ1) is 22.0. The molecule has 0 aliphatic rings. The van der Waals surface area contributed by atoms with Crippen molar-refractivity contribution < 1.29 is 14.3 Å². The summed E-state index contributed by atoms with van der Waals surface area (Å²) in [7, 11) is 1.67. The predicted molar refractivity (Wildman–Crippen MR) is 106 cm³/mol. The van der Waals surface area contributed by atoms with E-state index in [-0.39, 0.29) is 18.3 Å². The molecule has 0 aliphatic heterocycles. The zero-order chi connectivity index (χ0) is 18.1. The lowest BCUT2D eigenvalue weighted by Crippen LogP contribution is -2.33. The molecule has 0 saturated heterocycles. The van der Waals surface area contributed by atoms with Gasteiger partial charge in [-0.15, -0.1) is 12.4 Å². The first-order chi connectivity index (χ1) is 12.1. The van der Waals surface area contributed by atoms with Crippen LogP contribution in [0.4, 0.5) is 0 Å². The van der Waals surface area contributed by atoms with E-state index < -0.39 is 6.04 Å². The summed E-state index contributed by atoms with van der Waals surface area (Å²) in [6.45, 7) is 3.61. The van der Waals surface area contributed by atoms with Crippen molar-refractivity contribution in [1.29, 1.82) is 0 Å². The van der Waals surface area contributed by atoms with Gasteiger partial charge < -0.3 is 20.5 Å². The number of amides is 1. The summed E-state index contributed by atoms with van der Waals surface area (Å²) >= 11 is 0. The minimum atomic E-state index is -0.683. The van der Waals surface area contributed by atoms with Crippen LogP contribution in [0.5, 0.6) is 5.75 Å². The van der Waals surface area contributed by atoms with Crippen LogP contribution >= 0.6 is 12.4 Å². The van der Waals surface area contributed by atoms with Gasteiger partial charge in [-0.2, -0.15) is 0 Å². The van der Waals surface area contributed by atoms with E-state index in [2.05, 4.69) is 5.32 Å². The topological polar surface area (TPSA) is 73.6 Å². The first-order valence-electron chi connectivity index (χ1n) is 8.41. The second kappa shape index (κ2) is 11.5. The van der Waals surface area contributed by atoms with Gasteiger partial charge in [-0.25, -0.2) is 0 Å². The number of rotatable bonds is 9. The molecule has 0 fully saturated rings. The zero-order valence-corrected chi connectivity index (χ0v) is 16.1. The minimum Gasteiger partial charge on any atom is -0.493 e. The molecule has 5 nitrogen and oxygen atoms in total. The van der Waals surface area contributed by atoms with E-state index in [4.69, 9.17) is 15.2 Å². The quantitative estimate of drug-likeness (QED) is 0.657. The molecule has 0 aliphatic carbocycles. The monoisotopic (exact) mass is 378 g/mol. The van der Waals surface area contributed by atoms with E-state index in [9.17, 15) is 4.79 Å². The Morgan fingerprint density at radius 2 is 1.88 bits per heavy atom. The second-order valence-corrected chi connectivity index (χ2v) is 5.91. The average molecular weight is 379 g/mol. The molecule has 2 rings (SSSR count). The van der Waals surface area contributed by atoms with Gasteiger partial charge in [-0.1, -0.05) is 42.5 Å². The lowest BCUT2D eigenvalue weighted by atomic mass is 10.1. The summed E-state index contributed by atoms with van der Waals surface area (Å²) in [6.07, 6.45) is 0.815. The number of nitrogens with two attached hydrogens (primary N) is 1. The van der Waals surface area contributed by atoms with Crippen molar-refractivity contribution in [3.63, 3.8) is 0 Å². The van der Waals surface area contributed by atoms with Crippen LogP contribution in [0.25, 0.3) is 0 Å². The molecule has 0 aromatic heterocycles. The largest absolute Gasteiger partial charge is 0.493 e. The Balaban J connectivity index is 0.00000338. The second-order valence-electron chi connectivity index (χ2n) is 5.91. The molecule has 1 amide bonds. The van der Waals surface area contributed by atoms with E-state index in [1.54, 1.807) is 7.11 Å². The number of halogens is 1. The smallest absolute Gasteiger partial charge is 0.241 e. The molecule has 0 saturated carbocycles. The molecule has 142 valence electrons. The highest BCUT2D eigenvalue weighted by Crippen LogP contribution is 2.21. The maximum absolute atomic E-state index is 12.3. The third-order valence-electron chi connectivity index (χ3n) is 3.87. The Hall–Kier alpha value is -2.08. The molecule has 0 spiro atoms. The number of hydrogen-bond acceptors (Lipinski definition) is 4. The van der Waals surface area contributed by atoms with Crippen molar-refractivity contribution in [2.24, 2.45) is 5.73 Å². The summed E-state index contributed by atoms with van der Waals surface area (Å²) in [5.74, 6) is 0.571. The van der Waals surface area contributed by atoms with Crippen LogP contribution in [-0.4, -0.2) is 26.2 Å². The van der Waals surface area contributed by atoms with Crippen LogP contribution in [0.1, 0.15) is 29.2 Å². The molecule has 6 heteroatoms. The van der Waals surface area contributed by atoms with Crippen molar-refractivity contribution in [2.45, 2.75) is 25.9 Å². The minimum absolute atomic E-state index is 0. The number of benzene rings is 2. The van der Waals surface area contributed by atoms with Gasteiger partial charge in [0.1, 0.15) is 11.8 Å². The van der Waals surface area contributed by atoms with E-state index >= 15 is 0 Å². The molecular weight excluding hydrogens is 352 g/mol. The highest BCUT2D eigenvalue weighted by Gasteiger charge is 2.15. The summed E-state index contributed by atoms with van der Waals surface area (Å²) in [4.78, 5) is 12.3. The maximum atomic E-state index is 12.3. The standard InChI is InChI=1S/C20H26N2O3.ClH/c1-15-9-10-17(18(13-15)25-12-6-11-24-2)14-22-20(23)19(21)16-7-4-3-5-8-16;/h3-5,7-10,13,19H,6,11-12,14,21H2,1-2H3,(H,22,23);1H. The van der Waals surface area contributed by atoms with E-state index in [0.29, 0.717) is 19.8 Å². The molecule has 2 aromatic rings. The molecule has 0 radical (unpaired) electrons. The van der Waals surface area contributed by atoms with Gasteiger partial charge in [0, 0.05) is 32.2 Å². The van der Waals surface area contributed by atoms with Crippen LogP contribution in [0.3, 0.4) is 0 Å². The fourth-order valence-corrected chi connectivity index (χ4v) is 2.43. The SMILES string of the molecule is COCCCOc1cc(C)ccc1CNC(=O)C(N)c1ccccc1.Cl. The van der Waals surface area contributed by atoms with E-state index in [0.717, 1.165) is 28.9 Å². The summed E-state index contributed by atoms with van der Waals surface area (Å²) in [5, 5.41) is 2.89. The highest BCUT2D eigenvalue weighted by atomic mass is 35.5. The number of hydrogen-bond donors (Lipinski definition) is 2. The molecule has 26 heavy (non-hydrogen) atoms. The fraction of sp³-hybridized carbons (Fsp3) is 0.350. The lowest BCUT2D eigenvalue weighted by Gasteiger charge is -2.15. The van der Waals surface area contributed by atoms with Crippen LogP contribution < -0.4 is 15.8 Å². The number of carbonyl (C=O) groups is 1. The Morgan fingerprint density at radius 3 is 2.58 bits per heavy atom. The van der Waals surface area contributed by atoms with Gasteiger partial charge in [0.05, 0.1) is 6.61 Å². The Kier molecular flexibility index (Phi) is 9.73. The molecular formula is C20H27ClN2O3. The van der Waals surface area contributed by atoms with Crippen LogP contribution in [0.2, 0.25) is 0 Å². The van der Waals surface area contributed by atoms with Crippen molar-refractivity contribution >= 4 is 18.3 Å². The molecule has 0 bridgehead atoms. The molecule has 2 aromatic carbocycles. The summed E-state index contributed by atoms with van der Waals surface area (Å²) in [5.41, 5.74) is 8.85. The lowest BCUT2D eigenvalue weighted by molar-refractivity contribution is -0.122. The number of aryl methyl sites for hydroxylation is 1. The summed E-state index contributed by atoms with van der Waals surface area (Å²) < 4.78 is 10.9. The van der Waals surface area contributed by atoms with Gasteiger partial charge in [-0.3, -0.25) is 4.79 Å². The van der Waals surface area contributed by atoms with Gasteiger partial charge in [0.15, 0.2) is 0 Å². The maximum Gasteiger partial charge on any atom is 0.241 e. The van der Waals surface area contributed by atoms with Gasteiger partial charge in [-0.05, 0) is 24.1 Å². The van der Waals surface area contributed by atoms with Gasteiger partial charge in [0.25, 0.3) is 0 Å². The summed E-state index contributed by atoms with van der Waals surface area (Å²) in [6, 6.07) is 14.6. The normalized spacial score (nSPS) is 11.3. The van der Waals surface area contributed by atoms with Gasteiger partial charge >= 0.3 is 0 Å². The molecule has 0 heterocycles. The predicted octanol–water partition coefficient (Wildman–Crippen LogP) is 3.15. The van der Waals surface area contributed by atoms with Crippen LogP contribution in [0.15, 0.2) is 48.5 Å². The highest BCUT2D eigenvalue weighted by molar-refractivity contribution is 5.85. The Labute approximate surface area is 161 Å². The van der Waals surface area contributed by atoms with Crippen molar-refractivity contribution in [1.82, 2.24) is 5.32 Å². The van der Waals surface area contributed by atoms with Crippen LogP contribution in [0, 0.1) is 6.92 Å². The molecule has 1 atom stereocenters. The zero-order valence-electron chi connectivity index (χ0n) is 15.2. The van der Waals surface area contributed by atoms with Crippen molar-refractivity contribution in [3.05, 3.63) is 65.2 Å². The third-order valence-corrected chi connectivity index (χ3v) is 3.87. The average Bonchev–Trinajstić information content (AvgIpc) is 2.64. The molecule has 1 unspecified atom stereocenters. The molecule has 3 N–H and O–H groups in total. The Morgan fingerprint density at radius 1 is 1.15 bits per heavy atom. The van der Waals surface area contributed by atoms with Gasteiger partial charge in [0.2, 0.25) is 5.91 Å². The van der Waals surface area contributed by atoms with Crippen LogP contribution in [-0.2, 0) is 16.1 Å². The van der Waals surface area contributed by atoms with E-state index in [1.807, 2.05) is 55.5 Å². The number of nitrogens with one attached hydrogen (secondary N) is 1. The number of carbonyl (C=O) groups excluding carboxylic acids is 1. The number of methoxy groups -OCH3 is 1. The van der Waals surface area contributed by atoms with Crippen molar-refractivity contribution in [2.75, 3.05) is 20.3 Å². The Bertz CT molecular complexity index is 680. The fourth-order valence-electron chi connectivity index (χ4n) is 2.43. The van der Waals surface area contributed by atoms with Crippen molar-refractivity contribution in [3.8, 4) is 5.75 Å².